The molecule has 0 aliphatic rings. The molecule has 0 aromatic heterocycles. The van der Waals surface area contributed by atoms with Crippen LogP contribution in [0.3, 0.4) is 0 Å². The second-order valence-electron chi connectivity index (χ2n) is 3.70. The van der Waals surface area contributed by atoms with Crippen molar-refractivity contribution in [2.45, 2.75) is 6.18 Å². The standard InChI is InChI=1S/C14H10F3/c1-10-6-2-3-7-11(10)12-8-4-5-9-13(12)14(15,16)17/h2-9H,1H2. The SMILES string of the molecule is [CH2]c1ccccc1-c1ccccc1C(F)(F)F. The van der Waals surface area contributed by atoms with Gasteiger partial charge in [0.05, 0.1) is 5.56 Å². The van der Waals surface area contributed by atoms with Crippen LogP contribution in [0.4, 0.5) is 13.2 Å². The zero-order valence-electron chi connectivity index (χ0n) is 8.96. The van der Waals surface area contributed by atoms with Crippen molar-refractivity contribution in [3.63, 3.8) is 0 Å². The molecule has 0 amide bonds. The normalized spacial score (nSPS) is 11.5. The number of benzene rings is 2. The number of rotatable bonds is 1. The lowest BCUT2D eigenvalue weighted by Crippen LogP contribution is -2.07. The van der Waals surface area contributed by atoms with E-state index in [0.717, 1.165) is 6.07 Å². The average molecular weight is 235 g/mol. The van der Waals surface area contributed by atoms with E-state index in [2.05, 4.69) is 6.92 Å². The molecule has 0 saturated carbocycles. The number of alkyl halides is 3. The Morgan fingerprint density at radius 2 is 1.29 bits per heavy atom. The third-order valence-electron chi connectivity index (χ3n) is 2.54. The van der Waals surface area contributed by atoms with E-state index in [1.807, 2.05) is 0 Å². The van der Waals surface area contributed by atoms with Crippen LogP contribution in [-0.4, -0.2) is 0 Å². The van der Waals surface area contributed by atoms with Crippen LogP contribution in [0.25, 0.3) is 11.1 Å². The van der Waals surface area contributed by atoms with Crippen LogP contribution < -0.4 is 0 Å². The van der Waals surface area contributed by atoms with Crippen molar-refractivity contribution < 1.29 is 13.2 Å². The molecule has 0 heterocycles. The zero-order chi connectivity index (χ0) is 12.5. The van der Waals surface area contributed by atoms with Crippen LogP contribution in [0.5, 0.6) is 0 Å². The average Bonchev–Trinajstić information content (AvgIpc) is 2.28. The largest absolute Gasteiger partial charge is 0.417 e. The Kier molecular flexibility index (Phi) is 2.92. The van der Waals surface area contributed by atoms with Crippen LogP contribution in [-0.2, 0) is 6.18 Å². The Balaban J connectivity index is 2.65. The highest BCUT2D eigenvalue weighted by atomic mass is 19.4. The van der Waals surface area contributed by atoms with Gasteiger partial charge in [0.1, 0.15) is 0 Å². The minimum absolute atomic E-state index is 0.172. The van der Waals surface area contributed by atoms with Crippen LogP contribution in [0.2, 0.25) is 0 Å². The van der Waals surface area contributed by atoms with Gasteiger partial charge in [-0.25, -0.2) is 0 Å². The smallest absolute Gasteiger partial charge is 0.166 e. The molecule has 17 heavy (non-hydrogen) atoms. The van der Waals surface area contributed by atoms with Gasteiger partial charge in [-0.3, -0.25) is 0 Å². The molecule has 87 valence electrons. The molecule has 0 bridgehead atoms. The molecule has 0 atom stereocenters. The fourth-order valence-electron chi connectivity index (χ4n) is 1.75. The van der Waals surface area contributed by atoms with Crippen LogP contribution in [0.15, 0.2) is 48.5 Å². The third-order valence-corrected chi connectivity index (χ3v) is 2.54. The lowest BCUT2D eigenvalue weighted by molar-refractivity contribution is -0.137. The van der Waals surface area contributed by atoms with Crippen LogP contribution in [0.1, 0.15) is 11.1 Å². The first-order chi connectivity index (χ1) is 8.00. The monoisotopic (exact) mass is 235 g/mol. The Labute approximate surface area is 97.7 Å². The molecule has 2 aromatic rings. The zero-order valence-corrected chi connectivity index (χ0v) is 8.96. The molecular formula is C14H10F3. The van der Waals surface area contributed by atoms with E-state index in [1.54, 1.807) is 30.3 Å². The molecule has 3 heteroatoms. The quantitative estimate of drug-likeness (QED) is 0.680. The van der Waals surface area contributed by atoms with Gasteiger partial charge >= 0.3 is 6.18 Å². The van der Waals surface area contributed by atoms with Gasteiger partial charge in [-0.05, 0) is 29.7 Å². The fourth-order valence-corrected chi connectivity index (χ4v) is 1.75. The maximum atomic E-state index is 12.8. The summed E-state index contributed by atoms with van der Waals surface area (Å²) in [4.78, 5) is 0. The van der Waals surface area contributed by atoms with Gasteiger partial charge in [0.15, 0.2) is 0 Å². The van der Waals surface area contributed by atoms with E-state index in [1.165, 1.54) is 12.1 Å². The third kappa shape index (κ3) is 2.33. The van der Waals surface area contributed by atoms with Crippen molar-refractivity contribution in [1.82, 2.24) is 0 Å². The van der Waals surface area contributed by atoms with E-state index in [9.17, 15) is 13.2 Å². The molecule has 2 aromatic carbocycles. The van der Waals surface area contributed by atoms with E-state index < -0.39 is 11.7 Å². The molecule has 0 nitrogen and oxygen atoms in total. The summed E-state index contributed by atoms with van der Waals surface area (Å²) in [6.07, 6.45) is -4.35. The summed E-state index contributed by atoms with van der Waals surface area (Å²) in [7, 11) is 0. The van der Waals surface area contributed by atoms with Gasteiger partial charge < -0.3 is 0 Å². The first kappa shape index (κ1) is 11.7. The van der Waals surface area contributed by atoms with Crippen LogP contribution >= 0.6 is 0 Å². The van der Waals surface area contributed by atoms with Gasteiger partial charge in [-0.2, -0.15) is 13.2 Å². The highest BCUT2D eigenvalue weighted by molar-refractivity contribution is 5.71. The molecule has 1 radical (unpaired) electrons. The molecule has 0 aliphatic heterocycles. The predicted octanol–water partition coefficient (Wildman–Crippen LogP) is 4.55. The number of hydrogen-bond donors (Lipinski definition) is 0. The highest BCUT2D eigenvalue weighted by Gasteiger charge is 2.33. The summed E-state index contributed by atoms with van der Waals surface area (Å²) >= 11 is 0. The lowest BCUT2D eigenvalue weighted by Gasteiger charge is -2.14. The Morgan fingerprint density at radius 3 is 1.88 bits per heavy atom. The molecule has 0 spiro atoms. The summed E-state index contributed by atoms with van der Waals surface area (Å²) in [6.45, 7) is 3.75. The first-order valence-corrected chi connectivity index (χ1v) is 5.08. The Hall–Kier alpha value is -1.77. The van der Waals surface area contributed by atoms with Crippen molar-refractivity contribution in [2.75, 3.05) is 0 Å². The summed E-state index contributed by atoms with van der Waals surface area (Å²) in [5, 5.41) is 0. The van der Waals surface area contributed by atoms with E-state index in [-0.39, 0.29) is 5.56 Å². The molecule has 0 aliphatic carbocycles. The van der Waals surface area contributed by atoms with Gasteiger partial charge in [0, 0.05) is 0 Å². The van der Waals surface area contributed by atoms with Crippen molar-refractivity contribution >= 4 is 0 Å². The summed E-state index contributed by atoms with van der Waals surface area (Å²) in [5.74, 6) is 0. The van der Waals surface area contributed by atoms with E-state index in [0.29, 0.717) is 11.1 Å². The van der Waals surface area contributed by atoms with Crippen molar-refractivity contribution in [1.29, 1.82) is 0 Å². The summed E-state index contributed by atoms with van der Waals surface area (Å²) < 4.78 is 38.5. The van der Waals surface area contributed by atoms with Crippen molar-refractivity contribution in [3.05, 3.63) is 66.6 Å². The van der Waals surface area contributed by atoms with Gasteiger partial charge in [0.2, 0.25) is 0 Å². The van der Waals surface area contributed by atoms with Crippen molar-refractivity contribution in [3.8, 4) is 11.1 Å². The van der Waals surface area contributed by atoms with Gasteiger partial charge in [-0.15, -0.1) is 0 Å². The lowest BCUT2D eigenvalue weighted by atomic mass is 9.96. The second-order valence-corrected chi connectivity index (χ2v) is 3.70. The molecule has 0 unspecified atom stereocenters. The fraction of sp³-hybridized carbons (Fsp3) is 0.0714. The summed E-state index contributed by atoms with van der Waals surface area (Å²) in [5.41, 5.74) is 0.645. The second kappa shape index (κ2) is 4.24. The van der Waals surface area contributed by atoms with E-state index in [4.69, 9.17) is 0 Å². The number of hydrogen-bond acceptors (Lipinski definition) is 0. The maximum Gasteiger partial charge on any atom is 0.417 e. The van der Waals surface area contributed by atoms with Crippen molar-refractivity contribution in [2.24, 2.45) is 0 Å². The minimum Gasteiger partial charge on any atom is -0.166 e. The Morgan fingerprint density at radius 1 is 0.765 bits per heavy atom. The Bertz CT molecular complexity index is 527. The van der Waals surface area contributed by atoms with E-state index >= 15 is 0 Å². The molecule has 0 fully saturated rings. The minimum atomic E-state index is -4.35. The first-order valence-electron chi connectivity index (χ1n) is 5.08. The molecule has 0 saturated heterocycles. The maximum absolute atomic E-state index is 12.8. The van der Waals surface area contributed by atoms with Crippen LogP contribution in [0, 0.1) is 6.92 Å². The topological polar surface area (TPSA) is 0 Å². The molecular weight excluding hydrogens is 225 g/mol. The van der Waals surface area contributed by atoms with Gasteiger partial charge in [0.25, 0.3) is 0 Å². The number of halogens is 3. The molecule has 0 N–H and O–H groups in total. The predicted molar refractivity (Wildman–Crippen MR) is 61.3 cm³/mol. The van der Waals surface area contributed by atoms with Gasteiger partial charge in [-0.1, -0.05) is 42.5 Å². The highest BCUT2D eigenvalue weighted by Crippen LogP contribution is 2.37. The summed E-state index contributed by atoms with van der Waals surface area (Å²) in [6, 6.07) is 12.3. The molecule has 2 rings (SSSR count).